The van der Waals surface area contributed by atoms with Crippen molar-refractivity contribution in [3.05, 3.63) is 0 Å². The Morgan fingerprint density at radius 2 is 2.50 bits per heavy atom. The highest BCUT2D eigenvalue weighted by Crippen LogP contribution is 2.22. The van der Waals surface area contributed by atoms with E-state index < -0.39 is 0 Å². The first-order valence-electron chi connectivity index (χ1n) is 4.33. The van der Waals surface area contributed by atoms with Crippen LogP contribution in [0.5, 0.6) is 0 Å². The number of ether oxygens (including phenoxy) is 1. The molecule has 1 aliphatic heterocycles. The molecule has 1 fully saturated rings. The van der Waals surface area contributed by atoms with Gasteiger partial charge in [0.2, 0.25) is 0 Å². The molecule has 0 radical (unpaired) electrons. The summed E-state index contributed by atoms with van der Waals surface area (Å²) in [4.78, 5) is 0. The van der Waals surface area contributed by atoms with Crippen LogP contribution >= 0.6 is 0 Å². The molecule has 3 N–H and O–H groups in total. The van der Waals surface area contributed by atoms with Crippen LogP contribution in [0, 0.1) is 12.3 Å². The molecular formula is C9H16N2O. The van der Waals surface area contributed by atoms with Crippen LogP contribution in [0.25, 0.3) is 0 Å². The molecule has 3 atom stereocenters. The SMILES string of the molecule is C#CCC(NN)C1CCC(C)O1. The molecule has 0 aliphatic carbocycles. The predicted molar refractivity (Wildman–Crippen MR) is 48.1 cm³/mol. The number of rotatable bonds is 3. The van der Waals surface area contributed by atoms with Crippen LogP contribution in [0.2, 0.25) is 0 Å². The summed E-state index contributed by atoms with van der Waals surface area (Å²) in [5.74, 6) is 7.95. The van der Waals surface area contributed by atoms with E-state index in [4.69, 9.17) is 17.0 Å². The second-order valence-electron chi connectivity index (χ2n) is 3.24. The summed E-state index contributed by atoms with van der Waals surface area (Å²) < 4.78 is 5.63. The zero-order valence-electron chi connectivity index (χ0n) is 7.42. The lowest BCUT2D eigenvalue weighted by molar-refractivity contribution is 0.0331. The maximum Gasteiger partial charge on any atom is 0.0755 e. The number of hydrazine groups is 1. The van der Waals surface area contributed by atoms with Crippen LogP contribution in [0.15, 0.2) is 0 Å². The molecule has 1 saturated heterocycles. The van der Waals surface area contributed by atoms with Gasteiger partial charge in [-0.25, -0.2) is 0 Å². The van der Waals surface area contributed by atoms with Crippen LogP contribution in [0.3, 0.4) is 0 Å². The van der Waals surface area contributed by atoms with Crippen molar-refractivity contribution in [1.29, 1.82) is 0 Å². The normalized spacial score (nSPS) is 31.4. The Morgan fingerprint density at radius 3 is 2.92 bits per heavy atom. The lowest BCUT2D eigenvalue weighted by Gasteiger charge is -2.20. The molecule has 0 spiro atoms. The Bertz CT molecular complexity index is 176. The van der Waals surface area contributed by atoms with Crippen LogP contribution in [0.1, 0.15) is 26.2 Å². The van der Waals surface area contributed by atoms with Gasteiger partial charge in [0, 0.05) is 6.42 Å². The van der Waals surface area contributed by atoms with E-state index in [9.17, 15) is 0 Å². The fraction of sp³-hybridized carbons (Fsp3) is 0.778. The molecule has 1 aliphatic rings. The van der Waals surface area contributed by atoms with E-state index in [1.54, 1.807) is 0 Å². The highest BCUT2D eigenvalue weighted by atomic mass is 16.5. The molecular weight excluding hydrogens is 152 g/mol. The van der Waals surface area contributed by atoms with Gasteiger partial charge in [-0.3, -0.25) is 11.3 Å². The van der Waals surface area contributed by atoms with Crippen LogP contribution in [-0.4, -0.2) is 18.2 Å². The Hall–Kier alpha value is -0.560. The van der Waals surface area contributed by atoms with E-state index in [1.165, 1.54) is 0 Å². The number of hydrogen-bond acceptors (Lipinski definition) is 3. The van der Waals surface area contributed by atoms with Gasteiger partial charge in [-0.1, -0.05) is 0 Å². The molecule has 0 bridgehead atoms. The summed E-state index contributed by atoms with van der Waals surface area (Å²) in [7, 11) is 0. The fourth-order valence-electron chi connectivity index (χ4n) is 1.55. The molecule has 0 aromatic heterocycles. The predicted octanol–water partition coefficient (Wildman–Crippen LogP) is 0.409. The zero-order valence-corrected chi connectivity index (χ0v) is 7.42. The highest BCUT2D eigenvalue weighted by molar-refractivity contribution is 4.93. The Balaban J connectivity index is 2.39. The lowest BCUT2D eigenvalue weighted by Crippen LogP contribution is -2.43. The van der Waals surface area contributed by atoms with Crippen molar-refractivity contribution in [2.75, 3.05) is 0 Å². The van der Waals surface area contributed by atoms with E-state index in [0.29, 0.717) is 12.5 Å². The van der Waals surface area contributed by atoms with Gasteiger partial charge in [-0.05, 0) is 19.8 Å². The third-order valence-electron chi connectivity index (χ3n) is 2.27. The Labute approximate surface area is 73.6 Å². The van der Waals surface area contributed by atoms with Crippen molar-refractivity contribution in [1.82, 2.24) is 5.43 Å². The van der Waals surface area contributed by atoms with E-state index in [2.05, 4.69) is 18.3 Å². The van der Waals surface area contributed by atoms with Crippen LogP contribution in [-0.2, 0) is 4.74 Å². The molecule has 0 saturated carbocycles. The van der Waals surface area contributed by atoms with E-state index in [1.807, 2.05) is 0 Å². The average Bonchev–Trinajstić information content (AvgIpc) is 2.47. The quantitative estimate of drug-likeness (QED) is 0.364. The van der Waals surface area contributed by atoms with Crippen molar-refractivity contribution < 1.29 is 4.74 Å². The zero-order chi connectivity index (χ0) is 8.97. The lowest BCUT2D eigenvalue weighted by atomic mass is 10.1. The Morgan fingerprint density at radius 1 is 1.75 bits per heavy atom. The van der Waals surface area contributed by atoms with Gasteiger partial charge in [0.1, 0.15) is 0 Å². The summed E-state index contributed by atoms with van der Waals surface area (Å²) in [6.07, 6.45) is 8.54. The number of terminal acetylenes is 1. The molecule has 3 nitrogen and oxygen atoms in total. The summed E-state index contributed by atoms with van der Waals surface area (Å²) in [6.45, 7) is 2.07. The number of nitrogens with one attached hydrogen (secondary N) is 1. The largest absolute Gasteiger partial charge is 0.374 e. The summed E-state index contributed by atoms with van der Waals surface area (Å²) >= 11 is 0. The van der Waals surface area contributed by atoms with Gasteiger partial charge in [0.05, 0.1) is 18.2 Å². The van der Waals surface area contributed by atoms with Crippen LogP contribution < -0.4 is 11.3 Å². The Kier molecular flexibility index (Phi) is 3.54. The van der Waals surface area contributed by atoms with Crippen molar-refractivity contribution in [2.45, 2.75) is 44.4 Å². The van der Waals surface area contributed by atoms with E-state index in [0.717, 1.165) is 12.8 Å². The maximum atomic E-state index is 5.63. The minimum Gasteiger partial charge on any atom is -0.374 e. The van der Waals surface area contributed by atoms with Gasteiger partial charge in [-0.15, -0.1) is 12.3 Å². The molecule has 0 amide bonds. The fourth-order valence-corrected chi connectivity index (χ4v) is 1.55. The maximum absolute atomic E-state index is 5.63. The number of nitrogens with two attached hydrogens (primary N) is 1. The molecule has 0 aromatic carbocycles. The van der Waals surface area contributed by atoms with E-state index in [-0.39, 0.29) is 12.1 Å². The van der Waals surface area contributed by atoms with Crippen LogP contribution in [0.4, 0.5) is 0 Å². The third-order valence-corrected chi connectivity index (χ3v) is 2.27. The second kappa shape index (κ2) is 4.46. The average molecular weight is 168 g/mol. The molecule has 3 unspecified atom stereocenters. The third kappa shape index (κ3) is 2.21. The summed E-state index contributed by atoms with van der Waals surface area (Å²) in [6, 6.07) is 0.111. The minimum absolute atomic E-state index is 0.111. The highest BCUT2D eigenvalue weighted by Gasteiger charge is 2.28. The van der Waals surface area contributed by atoms with Crippen molar-refractivity contribution in [3.63, 3.8) is 0 Å². The minimum atomic E-state index is 0.111. The van der Waals surface area contributed by atoms with Crippen molar-refractivity contribution >= 4 is 0 Å². The molecule has 3 heteroatoms. The first-order chi connectivity index (χ1) is 5.77. The van der Waals surface area contributed by atoms with Gasteiger partial charge in [-0.2, -0.15) is 0 Å². The first-order valence-corrected chi connectivity index (χ1v) is 4.33. The summed E-state index contributed by atoms with van der Waals surface area (Å²) in [5, 5.41) is 0. The molecule has 1 rings (SSSR count). The monoisotopic (exact) mass is 168 g/mol. The van der Waals surface area contributed by atoms with Gasteiger partial charge >= 0.3 is 0 Å². The smallest absolute Gasteiger partial charge is 0.0755 e. The first kappa shape index (κ1) is 9.53. The summed E-state index contributed by atoms with van der Waals surface area (Å²) in [5.41, 5.74) is 2.70. The van der Waals surface area contributed by atoms with E-state index >= 15 is 0 Å². The molecule has 1 heterocycles. The van der Waals surface area contributed by atoms with Gasteiger partial charge < -0.3 is 4.74 Å². The van der Waals surface area contributed by atoms with Gasteiger partial charge in [0.15, 0.2) is 0 Å². The molecule has 12 heavy (non-hydrogen) atoms. The van der Waals surface area contributed by atoms with Gasteiger partial charge in [0.25, 0.3) is 0 Å². The van der Waals surface area contributed by atoms with Crippen molar-refractivity contribution in [3.8, 4) is 12.3 Å². The molecule has 0 aromatic rings. The topological polar surface area (TPSA) is 47.3 Å². The standard InChI is InChI=1S/C9H16N2O/c1-3-4-8(11-10)9-6-5-7(2)12-9/h1,7-9,11H,4-6,10H2,2H3. The second-order valence-corrected chi connectivity index (χ2v) is 3.24. The number of hydrogen-bond donors (Lipinski definition) is 2. The van der Waals surface area contributed by atoms with Crippen molar-refractivity contribution in [2.24, 2.45) is 5.84 Å². The molecule has 68 valence electrons.